The number of likely N-dealkylation sites (N-methyl/N-ethyl adjacent to an activating group) is 1. The smallest absolute Gasteiger partial charge is 0.00188 e. The highest BCUT2D eigenvalue weighted by molar-refractivity contribution is 5.47. The van der Waals surface area contributed by atoms with E-state index in [0.29, 0.717) is 0 Å². The van der Waals surface area contributed by atoms with Gasteiger partial charge in [-0.15, -0.1) is 0 Å². The largest absolute Gasteiger partial charge is 0.306 e. The number of benzene rings is 1. The van der Waals surface area contributed by atoms with Crippen LogP contribution in [0.4, 0.5) is 0 Å². The van der Waals surface area contributed by atoms with E-state index in [9.17, 15) is 0 Å². The molecule has 15 heavy (non-hydrogen) atoms. The SMILES string of the molecule is C=Cc1ccc(CCN(C)CCC)cc1. The van der Waals surface area contributed by atoms with Crippen LogP contribution in [0.5, 0.6) is 0 Å². The molecule has 0 saturated heterocycles. The van der Waals surface area contributed by atoms with Crippen LogP contribution in [0.15, 0.2) is 30.8 Å². The zero-order chi connectivity index (χ0) is 11.1. The first-order chi connectivity index (χ1) is 7.26. The van der Waals surface area contributed by atoms with E-state index in [2.05, 4.69) is 49.7 Å². The quantitative estimate of drug-likeness (QED) is 0.686. The van der Waals surface area contributed by atoms with Crippen LogP contribution < -0.4 is 0 Å². The summed E-state index contributed by atoms with van der Waals surface area (Å²) in [4.78, 5) is 2.38. The molecular weight excluding hydrogens is 182 g/mol. The van der Waals surface area contributed by atoms with Crippen molar-refractivity contribution in [2.45, 2.75) is 19.8 Å². The summed E-state index contributed by atoms with van der Waals surface area (Å²) >= 11 is 0. The summed E-state index contributed by atoms with van der Waals surface area (Å²) in [5, 5.41) is 0. The monoisotopic (exact) mass is 203 g/mol. The van der Waals surface area contributed by atoms with Crippen molar-refractivity contribution < 1.29 is 0 Å². The molecule has 0 heterocycles. The molecule has 1 heteroatoms. The van der Waals surface area contributed by atoms with Gasteiger partial charge >= 0.3 is 0 Å². The molecule has 1 aromatic rings. The zero-order valence-electron chi connectivity index (χ0n) is 9.87. The number of hydrogen-bond acceptors (Lipinski definition) is 1. The Morgan fingerprint density at radius 1 is 1.20 bits per heavy atom. The van der Waals surface area contributed by atoms with Crippen molar-refractivity contribution in [3.8, 4) is 0 Å². The first kappa shape index (κ1) is 12.0. The Morgan fingerprint density at radius 2 is 1.87 bits per heavy atom. The Hall–Kier alpha value is -1.08. The van der Waals surface area contributed by atoms with Gasteiger partial charge in [0.15, 0.2) is 0 Å². The molecule has 1 rings (SSSR count). The molecule has 0 aliphatic heterocycles. The van der Waals surface area contributed by atoms with E-state index in [0.717, 1.165) is 13.0 Å². The van der Waals surface area contributed by atoms with Crippen LogP contribution >= 0.6 is 0 Å². The first-order valence-corrected chi connectivity index (χ1v) is 5.66. The highest BCUT2D eigenvalue weighted by atomic mass is 15.1. The van der Waals surface area contributed by atoms with Crippen LogP contribution in [0.1, 0.15) is 24.5 Å². The molecular formula is C14H21N. The molecule has 0 fully saturated rings. The van der Waals surface area contributed by atoms with Crippen LogP contribution in [0, 0.1) is 0 Å². The molecule has 0 spiro atoms. The minimum Gasteiger partial charge on any atom is -0.306 e. The maximum absolute atomic E-state index is 3.75. The Bertz CT molecular complexity index is 287. The third-order valence-corrected chi connectivity index (χ3v) is 2.60. The van der Waals surface area contributed by atoms with Gasteiger partial charge in [0.25, 0.3) is 0 Å². The number of rotatable bonds is 6. The van der Waals surface area contributed by atoms with Crippen molar-refractivity contribution in [2.75, 3.05) is 20.1 Å². The van der Waals surface area contributed by atoms with Gasteiger partial charge in [-0.3, -0.25) is 0 Å². The highest BCUT2D eigenvalue weighted by Gasteiger charge is 1.97. The lowest BCUT2D eigenvalue weighted by molar-refractivity contribution is 0.339. The third-order valence-electron chi connectivity index (χ3n) is 2.60. The summed E-state index contributed by atoms with van der Waals surface area (Å²) in [7, 11) is 2.18. The average Bonchev–Trinajstić information content (AvgIpc) is 2.27. The predicted octanol–water partition coefficient (Wildman–Crippen LogP) is 3.21. The van der Waals surface area contributed by atoms with Crippen LogP contribution in [-0.2, 0) is 6.42 Å². The Kier molecular flexibility index (Phi) is 5.13. The summed E-state index contributed by atoms with van der Waals surface area (Å²) in [6, 6.07) is 8.64. The van der Waals surface area contributed by atoms with Crippen LogP contribution in [0.25, 0.3) is 6.08 Å². The average molecular weight is 203 g/mol. The van der Waals surface area contributed by atoms with Gasteiger partial charge in [-0.05, 0) is 37.6 Å². The second kappa shape index (κ2) is 6.41. The molecule has 82 valence electrons. The van der Waals surface area contributed by atoms with Gasteiger partial charge in [-0.1, -0.05) is 43.8 Å². The summed E-state index contributed by atoms with van der Waals surface area (Å²) in [5.41, 5.74) is 2.60. The maximum atomic E-state index is 3.75. The van der Waals surface area contributed by atoms with Gasteiger partial charge in [-0.25, -0.2) is 0 Å². The molecule has 0 unspecified atom stereocenters. The van der Waals surface area contributed by atoms with Crippen LogP contribution in [0.3, 0.4) is 0 Å². The second-order valence-corrected chi connectivity index (χ2v) is 4.00. The first-order valence-electron chi connectivity index (χ1n) is 5.66. The lowest BCUT2D eigenvalue weighted by Gasteiger charge is -2.15. The molecule has 0 N–H and O–H groups in total. The lowest BCUT2D eigenvalue weighted by atomic mass is 10.1. The lowest BCUT2D eigenvalue weighted by Crippen LogP contribution is -2.21. The molecule has 1 aromatic carbocycles. The van der Waals surface area contributed by atoms with Gasteiger partial charge in [0.05, 0.1) is 0 Å². The van der Waals surface area contributed by atoms with Gasteiger partial charge in [0, 0.05) is 6.54 Å². The van der Waals surface area contributed by atoms with Crippen molar-refractivity contribution in [2.24, 2.45) is 0 Å². The minimum absolute atomic E-state index is 1.13. The summed E-state index contributed by atoms with van der Waals surface area (Å²) in [5.74, 6) is 0. The standard InChI is InChI=1S/C14H21N/c1-4-11-15(3)12-10-14-8-6-13(5-2)7-9-14/h5-9H,2,4,10-12H2,1,3H3. The predicted molar refractivity (Wildman–Crippen MR) is 68.0 cm³/mol. The normalized spacial score (nSPS) is 10.6. The van der Waals surface area contributed by atoms with E-state index < -0.39 is 0 Å². The van der Waals surface area contributed by atoms with E-state index in [1.807, 2.05) is 6.08 Å². The Morgan fingerprint density at radius 3 is 2.40 bits per heavy atom. The fraction of sp³-hybridized carbons (Fsp3) is 0.429. The van der Waals surface area contributed by atoms with E-state index in [1.165, 1.54) is 24.1 Å². The van der Waals surface area contributed by atoms with Gasteiger partial charge < -0.3 is 4.90 Å². The fourth-order valence-corrected chi connectivity index (χ4v) is 1.63. The van der Waals surface area contributed by atoms with Crippen molar-refractivity contribution in [3.05, 3.63) is 42.0 Å². The van der Waals surface area contributed by atoms with Crippen molar-refractivity contribution in [1.29, 1.82) is 0 Å². The van der Waals surface area contributed by atoms with Crippen molar-refractivity contribution >= 4 is 6.08 Å². The van der Waals surface area contributed by atoms with E-state index in [1.54, 1.807) is 0 Å². The molecule has 0 aliphatic rings. The topological polar surface area (TPSA) is 3.24 Å². The molecule has 1 nitrogen and oxygen atoms in total. The molecule has 0 saturated carbocycles. The zero-order valence-corrected chi connectivity index (χ0v) is 9.87. The van der Waals surface area contributed by atoms with E-state index in [4.69, 9.17) is 0 Å². The van der Waals surface area contributed by atoms with Crippen molar-refractivity contribution in [3.63, 3.8) is 0 Å². The molecule has 0 aliphatic carbocycles. The molecule has 0 amide bonds. The summed E-state index contributed by atoms with van der Waals surface area (Å²) in [6.45, 7) is 8.29. The molecule has 0 aromatic heterocycles. The Balaban J connectivity index is 2.40. The Labute approximate surface area is 93.4 Å². The van der Waals surface area contributed by atoms with Crippen molar-refractivity contribution in [1.82, 2.24) is 4.90 Å². The molecule has 0 bridgehead atoms. The van der Waals surface area contributed by atoms with Crippen LogP contribution in [0.2, 0.25) is 0 Å². The maximum Gasteiger partial charge on any atom is 0.00188 e. The van der Waals surface area contributed by atoms with Gasteiger partial charge in [0.2, 0.25) is 0 Å². The fourth-order valence-electron chi connectivity index (χ4n) is 1.63. The van der Waals surface area contributed by atoms with E-state index in [-0.39, 0.29) is 0 Å². The van der Waals surface area contributed by atoms with Gasteiger partial charge in [-0.2, -0.15) is 0 Å². The third kappa shape index (κ3) is 4.30. The van der Waals surface area contributed by atoms with E-state index >= 15 is 0 Å². The molecule has 0 atom stereocenters. The highest BCUT2D eigenvalue weighted by Crippen LogP contribution is 2.06. The summed E-state index contributed by atoms with van der Waals surface area (Å²) < 4.78 is 0. The van der Waals surface area contributed by atoms with Crippen LogP contribution in [-0.4, -0.2) is 25.0 Å². The van der Waals surface area contributed by atoms with Gasteiger partial charge in [0.1, 0.15) is 0 Å². The minimum atomic E-state index is 1.13. The number of hydrogen-bond donors (Lipinski definition) is 0. The second-order valence-electron chi connectivity index (χ2n) is 4.00. The summed E-state index contributed by atoms with van der Waals surface area (Å²) in [6.07, 6.45) is 4.24. The number of nitrogens with zero attached hydrogens (tertiary/aromatic N) is 1. The molecule has 0 radical (unpaired) electrons.